The van der Waals surface area contributed by atoms with E-state index in [1.54, 1.807) is 14.2 Å². The summed E-state index contributed by atoms with van der Waals surface area (Å²) >= 11 is 1.47. The van der Waals surface area contributed by atoms with E-state index in [-0.39, 0.29) is 11.8 Å². The average molecular weight is 431 g/mol. The Balaban J connectivity index is 1.53. The smallest absolute Gasteiger partial charge is 0.230 e. The molecule has 0 atom stereocenters. The van der Waals surface area contributed by atoms with Gasteiger partial charge in [0.15, 0.2) is 11.5 Å². The van der Waals surface area contributed by atoms with Crippen LogP contribution in [0.2, 0.25) is 0 Å². The fourth-order valence-corrected chi connectivity index (χ4v) is 3.60. The minimum atomic E-state index is -0.0232. The molecular formula is C23H30N2O4S. The number of hydrogen-bond donors (Lipinski definition) is 2. The van der Waals surface area contributed by atoms with Crippen molar-refractivity contribution in [2.24, 2.45) is 0 Å². The van der Waals surface area contributed by atoms with Crippen molar-refractivity contribution < 1.29 is 19.1 Å². The van der Waals surface area contributed by atoms with E-state index in [4.69, 9.17) is 9.47 Å². The largest absolute Gasteiger partial charge is 0.493 e. The summed E-state index contributed by atoms with van der Waals surface area (Å²) in [5, 5.41) is 5.82. The molecule has 0 aromatic heterocycles. The number of carbonyl (C=O) groups is 2. The first-order chi connectivity index (χ1) is 14.6. The predicted molar refractivity (Wildman–Crippen MR) is 121 cm³/mol. The molecule has 2 rings (SSSR count). The summed E-state index contributed by atoms with van der Waals surface area (Å²) < 4.78 is 10.5. The Kier molecular flexibility index (Phi) is 10.7. The monoisotopic (exact) mass is 430 g/mol. The van der Waals surface area contributed by atoms with Gasteiger partial charge >= 0.3 is 0 Å². The molecule has 0 aliphatic heterocycles. The Labute approximate surface area is 182 Å². The number of amides is 2. The first kappa shape index (κ1) is 23.6. The lowest BCUT2D eigenvalue weighted by Crippen LogP contribution is -2.28. The number of rotatable bonds is 13. The lowest BCUT2D eigenvalue weighted by Gasteiger charge is -2.10. The highest BCUT2D eigenvalue weighted by molar-refractivity contribution is 7.99. The topological polar surface area (TPSA) is 76.7 Å². The van der Waals surface area contributed by atoms with Crippen LogP contribution >= 0.6 is 11.8 Å². The number of hydrogen-bond acceptors (Lipinski definition) is 5. The zero-order valence-corrected chi connectivity index (χ0v) is 18.4. The fourth-order valence-electron chi connectivity index (χ4n) is 2.84. The van der Waals surface area contributed by atoms with Crippen LogP contribution in [-0.4, -0.2) is 50.6 Å². The standard InChI is InChI=1S/C23H30N2O4S/c1-28-20-9-8-19(16-21(20)29-2)11-14-25-23(27)17-30-15-12-22(26)24-13-10-18-6-4-3-5-7-18/h3-9,16H,10-15,17H2,1-2H3,(H,24,26)(H,25,27). The summed E-state index contributed by atoms with van der Waals surface area (Å²) in [6, 6.07) is 15.8. The second-order valence-corrected chi connectivity index (χ2v) is 7.78. The van der Waals surface area contributed by atoms with E-state index < -0.39 is 0 Å². The Morgan fingerprint density at radius 3 is 2.20 bits per heavy atom. The summed E-state index contributed by atoms with van der Waals surface area (Å²) in [7, 11) is 3.20. The molecule has 0 saturated heterocycles. The van der Waals surface area contributed by atoms with Gasteiger partial charge < -0.3 is 20.1 Å². The minimum Gasteiger partial charge on any atom is -0.493 e. The van der Waals surface area contributed by atoms with Crippen LogP contribution < -0.4 is 20.1 Å². The Morgan fingerprint density at radius 1 is 0.833 bits per heavy atom. The number of ether oxygens (including phenoxy) is 2. The van der Waals surface area contributed by atoms with Crippen LogP contribution in [0, 0.1) is 0 Å². The molecule has 0 bridgehead atoms. The van der Waals surface area contributed by atoms with Crippen molar-refractivity contribution in [1.29, 1.82) is 0 Å². The van der Waals surface area contributed by atoms with Gasteiger partial charge in [-0.15, -0.1) is 0 Å². The average Bonchev–Trinajstić information content (AvgIpc) is 2.77. The highest BCUT2D eigenvalue weighted by Gasteiger charge is 2.07. The molecule has 2 amide bonds. The third kappa shape index (κ3) is 8.78. The molecule has 30 heavy (non-hydrogen) atoms. The summed E-state index contributed by atoms with van der Waals surface area (Å²) in [5.41, 5.74) is 2.27. The maximum atomic E-state index is 12.0. The lowest BCUT2D eigenvalue weighted by molar-refractivity contribution is -0.121. The molecule has 162 valence electrons. The van der Waals surface area contributed by atoms with Gasteiger partial charge in [-0.3, -0.25) is 9.59 Å². The molecule has 0 radical (unpaired) electrons. The van der Waals surface area contributed by atoms with Gasteiger partial charge in [0.1, 0.15) is 0 Å². The highest BCUT2D eigenvalue weighted by Crippen LogP contribution is 2.27. The van der Waals surface area contributed by atoms with Crippen LogP contribution in [0.3, 0.4) is 0 Å². The first-order valence-corrected chi connectivity index (χ1v) is 11.1. The second kappa shape index (κ2) is 13.5. The van der Waals surface area contributed by atoms with Gasteiger partial charge in [0, 0.05) is 25.3 Å². The van der Waals surface area contributed by atoms with Crippen LogP contribution in [0.1, 0.15) is 17.5 Å². The van der Waals surface area contributed by atoms with Gasteiger partial charge in [0.25, 0.3) is 0 Å². The number of thioether (sulfide) groups is 1. The summed E-state index contributed by atoms with van der Waals surface area (Å²) in [5.74, 6) is 2.34. The van der Waals surface area contributed by atoms with E-state index in [1.807, 2.05) is 48.5 Å². The van der Waals surface area contributed by atoms with Gasteiger partial charge in [-0.2, -0.15) is 11.8 Å². The van der Waals surface area contributed by atoms with Crippen LogP contribution in [0.15, 0.2) is 48.5 Å². The maximum absolute atomic E-state index is 12.0. The lowest BCUT2D eigenvalue weighted by atomic mass is 10.1. The van der Waals surface area contributed by atoms with E-state index in [9.17, 15) is 9.59 Å². The molecule has 0 saturated carbocycles. The molecule has 7 heteroatoms. The van der Waals surface area contributed by atoms with Crippen LogP contribution in [0.4, 0.5) is 0 Å². The molecule has 0 aliphatic carbocycles. The SMILES string of the molecule is COc1ccc(CCNC(=O)CSCCC(=O)NCCc2ccccc2)cc1OC. The first-order valence-electron chi connectivity index (χ1n) is 9.98. The molecule has 0 spiro atoms. The van der Waals surface area contributed by atoms with Gasteiger partial charge in [-0.1, -0.05) is 36.4 Å². The Hall–Kier alpha value is -2.67. The number of benzene rings is 2. The predicted octanol–water partition coefficient (Wildman–Crippen LogP) is 2.84. The van der Waals surface area contributed by atoms with Gasteiger partial charge in [-0.05, 0) is 36.1 Å². The van der Waals surface area contributed by atoms with E-state index >= 15 is 0 Å². The number of methoxy groups -OCH3 is 2. The molecule has 2 aromatic rings. The van der Waals surface area contributed by atoms with Crippen molar-refractivity contribution in [1.82, 2.24) is 10.6 Å². The van der Waals surface area contributed by atoms with Crippen molar-refractivity contribution in [3.63, 3.8) is 0 Å². The minimum absolute atomic E-state index is 0.0206. The number of carbonyl (C=O) groups excluding carboxylic acids is 2. The normalized spacial score (nSPS) is 10.3. The Bertz CT molecular complexity index is 799. The molecule has 0 unspecified atom stereocenters. The molecule has 0 heterocycles. The third-order valence-electron chi connectivity index (χ3n) is 4.47. The van der Waals surface area contributed by atoms with Crippen LogP contribution in [-0.2, 0) is 22.4 Å². The molecule has 2 N–H and O–H groups in total. The fraction of sp³-hybridized carbons (Fsp3) is 0.391. The van der Waals surface area contributed by atoms with Crippen molar-refractivity contribution >= 4 is 23.6 Å². The van der Waals surface area contributed by atoms with Crippen molar-refractivity contribution in [2.75, 3.05) is 38.8 Å². The van der Waals surface area contributed by atoms with Crippen LogP contribution in [0.25, 0.3) is 0 Å². The van der Waals surface area contributed by atoms with Crippen molar-refractivity contribution in [2.45, 2.75) is 19.3 Å². The maximum Gasteiger partial charge on any atom is 0.230 e. The molecular weight excluding hydrogens is 400 g/mol. The van der Waals surface area contributed by atoms with Crippen molar-refractivity contribution in [3.8, 4) is 11.5 Å². The molecule has 2 aromatic carbocycles. The highest BCUT2D eigenvalue weighted by atomic mass is 32.2. The van der Waals surface area contributed by atoms with E-state index in [0.717, 1.165) is 12.0 Å². The number of nitrogens with one attached hydrogen (secondary N) is 2. The Morgan fingerprint density at radius 2 is 1.50 bits per heavy atom. The molecule has 0 fully saturated rings. The van der Waals surface area contributed by atoms with Gasteiger partial charge in [0.2, 0.25) is 11.8 Å². The zero-order chi connectivity index (χ0) is 21.6. The van der Waals surface area contributed by atoms with Gasteiger partial charge in [0.05, 0.1) is 20.0 Å². The zero-order valence-electron chi connectivity index (χ0n) is 17.6. The van der Waals surface area contributed by atoms with E-state index in [2.05, 4.69) is 10.6 Å². The van der Waals surface area contributed by atoms with Gasteiger partial charge in [-0.25, -0.2) is 0 Å². The summed E-state index contributed by atoms with van der Waals surface area (Å²) in [6.45, 7) is 1.18. The third-order valence-corrected chi connectivity index (χ3v) is 5.43. The summed E-state index contributed by atoms with van der Waals surface area (Å²) in [4.78, 5) is 23.8. The van der Waals surface area contributed by atoms with E-state index in [1.165, 1.54) is 17.3 Å². The van der Waals surface area contributed by atoms with Crippen molar-refractivity contribution in [3.05, 3.63) is 59.7 Å². The summed E-state index contributed by atoms with van der Waals surface area (Å²) in [6.07, 6.45) is 1.95. The molecule has 0 aliphatic rings. The quantitative estimate of drug-likeness (QED) is 0.478. The molecule has 6 nitrogen and oxygen atoms in total. The van der Waals surface area contributed by atoms with E-state index in [0.29, 0.717) is 48.9 Å². The van der Waals surface area contributed by atoms with Crippen LogP contribution in [0.5, 0.6) is 11.5 Å². The second-order valence-electron chi connectivity index (χ2n) is 6.68.